The molecule has 0 saturated carbocycles. The summed E-state index contributed by atoms with van der Waals surface area (Å²) in [5, 5.41) is 3.84. The molecular formula is C22H16BrF3N2O3. The van der Waals surface area contributed by atoms with Crippen molar-refractivity contribution in [3.8, 4) is 23.0 Å². The van der Waals surface area contributed by atoms with Crippen LogP contribution < -0.4 is 9.47 Å². The molecule has 4 rings (SSSR count). The summed E-state index contributed by atoms with van der Waals surface area (Å²) in [7, 11) is 0. The number of aromatic nitrogens is 1. The molecule has 2 heterocycles. The lowest BCUT2D eigenvalue weighted by molar-refractivity contribution is -0.138. The molecule has 0 saturated heterocycles. The van der Waals surface area contributed by atoms with Gasteiger partial charge in [0.2, 0.25) is 0 Å². The molecule has 0 radical (unpaired) electrons. The molecule has 1 atom stereocenters. The number of aryl methyl sites for hydroxylation is 1. The molecule has 2 aromatic carbocycles. The molecule has 0 N–H and O–H groups in total. The van der Waals surface area contributed by atoms with Gasteiger partial charge < -0.3 is 14.3 Å². The largest absolute Gasteiger partial charge is 0.453 e. The molecule has 5 nitrogen and oxygen atoms in total. The molecule has 1 aliphatic rings. The molecule has 1 aliphatic heterocycles. The maximum Gasteiger partial charge on any atom is 0.420 e. The number of benzene rings is 2. The summed E-state index contributed by atoms with van der Waals surface area (Å²) < 4.78 is 53.2. The van der Waals surface area contributed by atoms with Crippen molar-refractivity contribution in [3.05, 3.63) is 77.6 Å². The zero-order chi connectivity index (χ0) is 22.0. The summed E-state index contributed by atoms with van der Waals surface area (Å²) in [5.74, 6) is 0.122. The normalized spacial score (nSPS) is 15.9. The van der Waals surface area contributed by atoms with Crippen molar-refractivity contribution in [2.45, 2.75) is 25.6 Å². The van der Waals surface area contributed by atoms with Gasteiger partial charge in [0.15, 0.2) is 17.6 Å². The van der Waals surface area contributed by atoms with E-state index >= 15 is 0 Å². The van der Waals surface area contributed by atoms with Crippen LogP contribution in [0.15, 0.2) is 65.9 Å². The predicted molar refractivity (Wildman–Crippen MR) is 112 cm³/mol. The molecule has 0 bridgehead atoms. The second-order valence-corrected chi connectivity index (χ2v) is 7.70. The van der Waals surface area contributed by atoms with Crippen LogP contribution in [0.4, 0.5) is 13.2 Å². The van der Waals surface area contributed by atoms with Gasteiger partial charge in [-0.25, -0.2) is 0 Å². The fourth-order valence-corrected chi connectivity index (χ4v) is 3.34. The van der Waals surface area contributed by atoms with Gasteiger partial charge in [-0.1, -0.05) is 29.4 Å². The van der Waals surface area contributed by atoms with Gasteiger partial charge in [0, 0.05) is 24.2 Å². The van der Waals surface area contributed by atoms with E-state index < -0.39 is 23.6 Å². The van der Waals surface area contributed by atoms with Crippen LogP contribution in [0.2, 0.25) is 0 Å². The van der Waals surface area contributed by atoms with Crippen molar-refractivity contribution >= 4 is 20.6 Å². The van der Waals surface area contributed by atoms with Crippen LogP contribution in [0.25, 0.3) is 0 Å². The highest BCUT2D eigenvalue weighted by atomic mass is 79.9. The first-order valence-electron chi connectivity index (χ1n) is 9.27. The molecule has 0 aliphatic carbocycles. The van der Waals surface area contributed by atoms with Crippen LogP contribution >= 0.6 is 15.9 Å². The maximum atomic E-state index is 13.7. The third kappa shape index (κ3) is 4.82. The van der Waals surface area contributed by atoms with Gasteiger partial charge in [-0.2, -0.15) is 13.2 Å². The Kier molecular flexibility index (Phi) is 5.86. The van der Waals surface area contributed by atoms with E-state index in [1.54, 1.807) is 49.5 Å². The number of rotatable bonds is 5. The van der Waals surface area contributed by atoms with Crippen LogP contribution in [0.3, 0.4) is 0 Å². The first kappa shape index (κ1) is 21.2. The van der Waals surface area contributed by atoms with E-state index in [1.165, 1.54) is 12.1 Å². The number of nitrogens with zero attached hydrogens (tertiary/aromatic N) is 2. The van der Waals surface area contributed by atoms with E-state index in [0.717, 1.165) is 6.07 Å². The van der Waals surface area contributed by atoms with Crippen molar-refractivity contribution in [1.82, 2.24) is 4.98 Å². The lowest BCUT2D eigenvalue weighted by Crippen LogP contribution is -2.08. The van der Waals surface area contributed by atoms with Crippen molar-refractivity contribution in [1.29, 1.82) is 0 Å². The molecule has 3 aromatic rings. The summed E-state index contributed by atoms with van der Waals surface area (Å²) in [4.78, 5) is 9.65. The van der Waals surface area contributed by atoms with E-state index in [-0.39, 0.29) is 11.5 Å². The number of hydrogen-bond donors (Lipinski definition) is 0. The van der Waals surface area contributed by atoms with Crippen LogP contribution in [0, 0.1) is 6.92 Å². The fraction of sp³-hybridized carbons (Fsp3) is 0.182. The second kappa shape index (κ2) is 8.58. The Labute approximate surface area is 184 Å². The van der Waals surface area contributed by atoms with Gasteiger partial charge in [0.1, 0.15) is 21.7 Å². The Hall–Kier alpha value is -3.07. The van der Waals surface area contributed by atoms with Crippen molar-refractivity contribution < 1.29 is 27.5 Å². The fourth-order valence-electron chi connectivity index (χ4n) is 2.96. The SMILES string of the molecule is Cc1cnc([C@@H]2CC(Br)=NO2)cc1Oc1cccc(C(F)(F)F)c1Oc1ccccc1. The smallest absolute Gasteiger partial charge is 0.420 e. The highest BCUT2D eigenvalue weighted by molar-refractivity contribution is 9.18. The molecule has 1 aromatic heterocycles. The summed E-state index contributed by atoms with van der Waals surface area (Å²) in [6, 6.07) is 13.5. The minimum atomic E-state index is -4.62. The van der Waals surface area contributed by atoms with E-state index in [4.69, 9.17) is 14.3 Å². The number of para-hydroxylation sites is 2. The van der Waals surface area contributed by atoms with Crippen molar-refractivity contribution in [2.75, 3.05) is 0 Å². The Morgan fingerprint density at radius 1 is 1.03 bits per heavy atom. The van der Waals surface area contributed by atoms with E-state index in [1.807, 2.05) is 0 Å². The van der Waals surface area contributed by atoms with Gasteiger partial charge >= 0.3 is 6.18 Å². The summed E-state index contributed by atoms with van der Waals surface area (Å²) in [6.45, 7) is 1.75. The third-order valence-corrected chi connectivity index (χ3v) is 4.97. The lowest BCUT2D eigenvalue weighted by atomic mass is 10.1. The van der Waals surface area contributed by atoms with E-state index in [2.05, 4.69) is 26.1 Å². The quantitative estimate of drug-likeness (QED) is 0.379. The Bertz CT molecular complexity index is 1120. The topological polar surface area (TPSA) is 52.9 Å². The van der Waals surface area contributed by atoms with Gasteiger partial charge in [-0.05, 0) is 47.1 Å². The van der Waals surface area contributed by atoms with Gasteiger partial charge in [0.25, 0.3) is 0 Å². The molecule has 0 unspecified atom stereocenters. The first-order chi connectivity index (χ1) is 14.8. The average Bonchev–Trinajstić information content (AvgIpc) is 3.17. The Morgan fingerprint density at radius 2 is 1.81 bits per heavy atom. The van der Waals surface area contributed by atoms with Crippen LogP contribution in [-0.4, -0.2) is 9.60 Å². The average molecular weight is 493 g/mol. The standard InChI is InChI=1S/C22H16BrF3N2O3/c1-13-12-27-16(19-11-20(23)28-31-19)10-18(13)30-17-9-5-8-15(22(24,25)26)21(17)29-14-6-3-2-4-7-14/h2-10,12,19H,11H2,1H3/t19-/m0/s1. The molecule has 0 fully saturated rings. The zero-order valence-corrected chi connectivity index (χ0v) is 17.8. The van der Waals surface area contributed by atoms with Crippen molar-refractivity contribution in [3.63, 3.8) is 0 Å². The maximum absolute atomic E-state index is 13.7. The molecule has 160 valence electrons. The molecule has 0 spiro atoms. The summed E-state index contributed by atoms with van der Waals surface area (Å²) in [6.07, 6.45) is -2.95. The minimum absolute atomic E-state index is 0.0660. The Balaban J connectivity index is 1.71. The summed E-state index contributed by atoms with van der Waals surface area (Å²) >= 11 is 3.27. The highest BCUT2D eigenvalue weighted by Gasteiger charge is 2.36. The predicted octanol–water partition coefficient (Wildman–Crippen LogP) is 7.16. The molecule has 9 heteroatoms. The van der Waals surface area contributed by atoms with Gasteiger partial charge in [-0.3, -0.25) is 4.98 Å². The molecular weight excluding hydrogens is 477 g/mol. The first-order valence-corrected chi connectivity index (χ1v) is 10.1. The zero-order valence-electron chi connectivity index (χ0n) is 16.2. The second-order valence-electron chi connectivity index (χ2n) is 6.79. The summed E-state index contributed by atoms with van der Waals surface area (Å²) in [5.41, 5.74) is 0.262. The third-order valence-electron chi connectivity index (χ3n) is 4.50. The van der Waals surface area contributed by atoms with Crippen LogP contribution in [0.1, 0.15) is 29.3 Å². The number of pyridine rings is 1. The lowest BCUT2D eigenvalue weighted by Gasteiger charge is -2.19. The molecule has 0 amide bonds. The number of ether oxygens (including phenoxy) is 2. The highest BCUT2D eigenvalue weighted by Crippen LogP contribution is 2.45. The minimum Gasteiger partial charge on any atom is -0.453 e. The number of alkyl halides is 3. The van der Waals surface area contributed by atoms with E-state index in [0.29, 0.717) is 28.0 Å². The van der Waals surface area contributed by atoms with Gasteiger partial charge in [-0.15, -0.1) is 0 Å². The number of oxime groups is 1. The Morgan fingerprint density at radius 3 is 2.48 bits per heavy atom. The van der Waals surface area contributed by atoms with Crippen LogP contribution in [-0.2, 0) is 11.0 Å². The van der Waals surface area contributed by atoms with Gasteiger partial charge in [0.05, 0.1) is 5.69 Å². The van der Waals surface area contributed by atoms with E-state index in [9.17, 15) is 13.2 Å². The van der Waals surface area contributed by atoms with Crippen LogP contribution in [0.5, 0.6) is 23.0 Å². The number of halogens is 4. The monoisotopic (exact) mass is 492 g/mol. The number of hydrogen-bond acceptors (Lipinski definition) is 5. The van der Waals surface area contributed by atoms with Crippen molar-refractivity contribution in [2.24, 2.45) is 5.16 Å². The molecule has 31 heavy (non-hydrogen) atoms.